The molecule has 0 heterocycles. The molecule has 1 atom stereocenters. The summed E-state index contributed by atoms with van der Waals surface area (Å²) in [6, 6.07) is 13.6. The molecule has 2 aromatic carbocycles. The first kappa shape index (κ1) is 16.7. The van der Waals surface area contributed by atoms with Crippen molar-refractivity contribution in [2.24, 2.45) is 0 Å². The summed E-state index contributed by atoms with van der Waals surface area (Å²) in [6.45, 7) is 3.02. The molecular weight excluding hydrogens is 397 g/mol. The normalized spacial score (nSPS) is 12.4. The van der Waals surface area contributed by atoms with Crippen molar-refractivity contribution in [3.63, 3.8) is 0 Å². The average molecular weight is 415 g/mol. The van der Waals surface area contributed by atoms with Crippen molar-refractivity contribution in [1.82, 2.24) is 5.32 Å². The van der Waals surface area contributed by atoms with E-state index in [9.17, 15) is 4.39 Å². The van der Waals surface area contributed by atoms with Gasteiger partial charge in [-0.05, 0) is 54.8 Å². The van der Waals surface area contributed by atoms with Gasteiger partial charge in [0, 0.05) is 15.0 Å². The van der Waals surface area contributed by atoms with Crippen molar-refractivity contribution in [1.29, 1.82) is 0 Å². The molecule has 2 aromatic rings. The second-order valence-corrected chi connectivity index (χ2v) is 6.80. The Bertz CT molecular complexity index is 601. The lowest BCUT2D eigenvalue weighted by Gasteiger charge is -2.19. The zero-order valence-corrected chi connectivity index (χ0v) is 15.0. The first-order valence-electron chi connectivity index (χ1n) is 7.00. The molecule has 0 saturated heterocycles. The Balaban J connectivity index is 2.11. The standard InChI is InChI=1S/C17H18Br2FN/c1-2-21-16(9-12-4-3-5-14(18)8-12)10-13-6-7-15(20)11-17(13)19/h3-8,11,16,21H,2,9-10H2,1H3. The maximum absolute atomic E-state index is 13.2. The first-order chi connectivity index (χ1) is 10.1. The molecule has 0 aliphatic rings. The third-order valence-corrected chi connectivity index (χ3v) is 4.58. The van der Waals surface area contributed by atoms with Crippen molar-refractivity contribution in [2.45, 2.75) is 25.8 Å². The second kappa shape index (κ2) is 8.06. The highest BCUT2D eigenvalue weighted by atomic mass is 79.9. The maximum Gasteiger partial charge on any atom is 0.124 e. The molecular formula is C17H18Br2FN. The zero-order chi connectivity index (χ0) is 15.2. The van der Waals surface area contributed by atoms with Crippen LogP contribution in [0.4, 0.5) is 4.39 Å². The Hall–Kier alpha value is -0.710. The Morgan fingerprint density at radius 2 is 1.90 bits per heavy atom. The maximum atomic E-state index is 13.2. The van der Waals surface area contributed by atoms with E-state index in [0.29, 0.717) is 6.04 Å². The van der Waals surface area contributed by atoms with Crippen LogP contribution in [0.3, 0.4) is 0 Å². The van der Waals surface area contributed by atoms with E-state index >= 15 is 0 Å². The molecule has 1 nitrogen and oxygen atoms in total. The van der Waals surface area contributed by atoms with Gasteiger partial charge in [-0.25, -0.2) is 4.39 Å². The summed E-state index contributed by atoms with van der Waals surface area (Å²) in [5.74, 6) is -0.211. The molecule has 1 N–H and O–H groups in total. The number of nitrogens with one attached hydrogen (secondary N) is 1. The Morgan fingerprint density at radius 1 is 1.10 bits per heavy atom. The smallest absolute Gasteiger partial charge is 0.124 e. The largest absolute Gasteiger partial charge is 0.314 e. The fourth-order valence-electron chi connectivity index (χ4n) is 2.41. The van der Waals surface area contributed by atoms with Gasteiger partial charge >= 0.3 is 0 Å². The van der Waals surface area contributed by atoms with Crippen molar-refractivity contribution in [2.75, 3.05) is 6.54 Å². The minimum atomic E-state index is -0.211. The molecule has 0 saturated carbocycles. The van der Waals surface area contributed by atoms with Crippen molar-refractivity contribution in [3.8, 4) is 0 Å². The Kier molecular flexibility index (Phi) is 6.40. The number of hydrogen-bond donors (Lipinski definition) is 1. The number of benzene rings is 2. The number of hydrogen-bond acceptors (Lipinski definition) is 1. The minimum absolute atomic E-state index is 0.211. The lowest BCUT2D eigenvalue weighted by Crippen LogP contribution is -2.33. The van der Waals surface area contributed by atoms with Gasteiger partial charge in [0.25, 0.3) is 0 Å². The number of halogens is 3. The van der Waals surface area contributed by atoms with Gasteiger partial charge in [-0.15, -0.1) is 0 Å². The summed E-state index contributed by atoms with van der Waals surface area (Å²) >= 11 is 6.96. The number of likely N-dealkylation sites (N-methyl/N-ethyl adjacent to an activating group) is 1. The van der Waals surface area contributed by atoms with E-state index in [-0.39, 0.29) is 5.82 Å². The highest BCUT2D eigenvalue weighted by Crippen LogP contribution is 2.21. The van der Waals surface area contributed by atoms with E-state index in [1.165, 1.54) is 17.7 Å². The molecule has 0 radical (unpaired) electrons. The lowest BCUT2D eigenvalue weighted by atomic mass is 9.99. The third-order valence-electron chi connectivity index (χ3n) is 3.35. The first-order valence-corrected chi connectivity index (χ1v) is 8.59. The Labute approximate surface area is 142 Å². The molecule has 0 aliphatic carbocycles. The predicted molar refractivity (Wildman–Crippen MR) is 93.1 cm³/mol. The second-order valence-electron chi connectivity index (χ2n) is 5.03. The predicted octanol–water partition coefficient (Wildman–Crippen LogP) is 5.11. The highest BCUT2D eigenvalue weighted by Gasteiger charge is 2.12. The fraction of sp³-hybridized carbons (Fsp3) is 0.294. The van der Waals surface area contributed by atoms with Gasteiger partial charge in [-0.3, -0.25) is 0 Å². The van der Waals surface area contributed by atoms with Crippen LogP contribution in [0.1, 0.15) is 18.1 Å². The van der Waals surface area contributed by atoms with Gasteiger partial charge < -0.3 is 5.32 Å². The summed E-state index contributed by atoms with van der Waals surface area (Å²) in [5, 5.41) is 3.51. The topological polar surface area (TPSA) is 12.0 Å². The molecule has 112 valence electrons. The van der Waals surface area contributed by atoms with E-state index in [1.54, 1.807) is 0 Å². The molecule has 1 unspecified atom stereocenters. The van der Waals surface area contributed by atoms with Crippen LogP contribution in [0.2, 0.25) is 0 Å². The zero-order valence-electron chi connectivity index (χ0n) is 11.9. The molecule has 4 heteroatoms. The highest BCUT2D eigenvalue weighted by molar-refractivity contribution is 9.10. The molecule has 0 spiro atoms. The van der Waals surface area contributed by atoms with Crippen molar-refractivity contribution < 1.29 is 4.39 Å². The molecule has 0 bridgehead atoms. The summed E-state index contributed by atoms with van der Waals surface area (Å²) in [5.41, 5.74) is 2.41. The van der Waals surface area contributed by atoms with E-state index in [1.807, 2.05) is 12.1 Å². The van der Waals surface area contributed by atoms with E-state index in [0.717, 1.165) is 33.9 Å². The summed E-state index contributed by atoms with van der Waals surface area (Å²) in [4.78, 5) is 0. The molecule has 0 aromatic heterocycles. The number of rotatable bonds is 6. The van der Waals surface area contributed by atoms with Gasteiger partial charge in [0.15, 0.2) is 0 Å². The summed E-state index contributed by atoms with van der Waals surface area (Å²) in [6.07, 6.45) is 1.80. The fourth-order valence-corrected chi connectivity index (χ4v) is 3.37. The van der Waals surface area contributed by atoms with Crippen molar-refractivity contribution >= 4 is 31.9 Å². The lowest BCUT2D eigenvalue weighted by molar-refractivity contribution is 0.520. The summed E-state index contributed by atoms with van der Waals surface area (Å²) in [7, 11) is 0. The van der Waals surface area contributed by atoms with Crippen LogP contribution >= 0.6 is 31.9 Å². The molecule has 0 amide bonds. The van der Waals surface area contributed by atoms with Gasteiger partial charge in [0.2, 0.25) is 0 Å². The SMILES string of the molecule is CCNC(Cc1cccc(Br)c1)Cc1ccc(F)cc1Br. The Morgan fingerprint density at radius 3 is 2.57 bits per heavy atom. The van der Waals surface area contributed by atoms with Gasteiger partial charge in [-0.1, -0.05) is 57.0 Å². The van der Waals surface area contributed by atoms with Crippen LogP contribution in [-0.2, 0) is 12.8 Å². The van der Waals surface area contributed by atoms with Crippen LogP contribution in [0, 0.1) is 5.82 Å². The average Bonchev–Trinajstić information content (AvgIpc) is 2.42. The molecule has 2 rings (SSSR count). The van der Waals surface area contributed by atoms with E-state index in [2.05, 4.69) is 62.3 Å². The molecule has 0 fully saturated rings. The van der Waals surface area contributed by atoms with Crippen LogP contribution in [0.5, 0.6) is 0 Å². The van der Waals surface area contributed by atoms with Crippen molar-refractivity contribution in [3.05, 3.63) is 68.4 Å². The van der Waals surface area contributed by atoms with Gasteiger partial charge in [-0.2, -0.15) is 0 Å². The summed E-state index contributed by atoms with van der Waals surface area (Å²) < 4.78 is 15.1. The van der Waals surface area contributed by atoms with Crippen LogP contribution < -0.4 is 5.32 Å². The molecule has 21 heavy (non-hydrogen) atoms. The van der Waals surface area contributed by atoms with Crippen LogP contribution in [-0.4, -0.2) is 12.6 Å². The van der Waals surface area contributed by atoms with Gasteiger partial charge in [0.05, 0.1) is 0 Å². The van der Waals surface area contributed by atoms with E-state index < -0.39 is 0 Å². The van der Waals surface area contributed by atoms with E-state index in [4.69, 9.17) is 0 Å². The monoisotopic (exact) mass is 413 g/mol. The third kappa shape index (κ3) is 5.20. The molecule has 0 aliphatic heterocycles. The minimum Gasteiger partial charge on any atom is -0.314 e. The van der Waals surface area contributed by atoms with Crippen LogP contribution in [0.25, 0.3) is 0 Å². The quantitative estimate of drug-likeness (QED) is 0.692. The van der Waals surface area contributed by atoms with Gasteiger partial charge in [0.1, 0.15) is 5.82 Å². The van der Waals surface area contributed by atoms with Crippen LogP contribution in [0.15, 0.2) is 51.4 Å².